The number of benzene rings is 1. The zero-order valence-electron chi connectivity index (χ0n) is 8.43. The highest BCUT2D eigenvalue weighted by molar-refractivity contribution is 6.34. The summed E-state index contributed by atoms with van der Waals surface area (Å²) in [5, 5.41) is 5.33. The molecule has 0 heterocycles. The maximum absolute atomic E-state index is 11.3. The molecule has 0 saturated heterocycles. The molecule has 0 aromatic heterocycles. The van der Waals surface area contributed by atoms with E-state index in [-0.39, 0.29) is 5.91 Å². The van der Waals surface area contributed by atoms with Crippen molar-refractivity contribution < 1.29 is 9.59 Å². The van der Waals surface area contributed by atoms with Crippen LogP contribution in [-0.4, -0.2) is 19.4 Å². The first-order valence-electron chi connectivity index (χ1n) is 4.32. The molecule has 1 aromatic rings. The molecular formula is C10H11ClN2O2. The second-order valence-electron chi connectivity index (χ2n) is 2.99. The summed E-state index contributed by atoms with van der Waals surface area (Å²) < 4.78 is 0. The lowest BCUT2D eigenvalue weighted by Crippen LogP contribution is -2.18. The Morgan fingerprint density at radius 2 is 2.13 bits per heavy atom. The van der Waals surface area contributed by atoms with Gasteiger partial charge in [0.15, 0.2) is 0 Å². The summed E-state index contributed by atoms with van der Waals surface area (Å²) in [4.78, 5) is 21.6. The quantitative estimate of drug-likeness (QED) is 0.769. The zero-order valence-corrected chi connectivity index (χ0v) is 9.18. The van der Waals surface area contributed by atoms with Crippen molar-refractivity contribution in [3.8, 4) is 0 Å². The van der Waals surface area contributed by atoms with Gasteiger partial charge in [0.1, 0.15) is 0 Å². The number of nitrogens with one attached hydrogen (secondary N) is 2. The summed E-state index contributed by atoms with van der Waals surface area (Å²) in [5.41, 5.74) is 1.74. The fourth-order valence-corrected chi connectivity index (χ4v) is 1.58. The van der Waals surface area contributed by atoms with E-state index in [1.165, 1.54) is 6.07 Å². The smallest absolute Gasteiger partial charge is 0.251 e. The molecule has 2 amide bonds. The number of carbonyl (C=O) groups is 2. The van der Waals surface area contributed by atoms with Crippen molar-refractivity contribution in [3.63, 3.8) is 0 Å². The van der Waals surface area contributed by atoms with E-state index in [0.29, 0.717) is 22.7 Å². The van der Waals surface area contributed by atoms with Gasteiger partial charge < -0.3 is 10.6 Å². The minimum atomic E-state index is -0.211. The third-order valence-corrected chi connectivity index (χ3v) is 2.28. The number of halogens is 1. The lowest BCUT2D eigenvalue weighted by molar-refractivity contribution is -0.105. The molecule has 0 atom stereocenters. The number of hydrogen-bond acceptors (Lipinski definition) is 2. The monoisotopic (exact) mass is 226 g/mol. The molecule has 15 heavy (non-hydrogen) atoms. The summed E-state index contributed by atoms with van der Waals surface area (Å²) in [6.07, 6.45) is 0.549. The molecule has 2 N–H and O–H groups in total. The second-order valence-corrected chi connectivity index (χ2v) is 3.40. The average Bonchev–Trinajstić information content (AvgIpc) is 2.22. The van der Waals surface area contributed by atoms with E-state index in [1.54, 1.807) is 20.0 Å². The fourth-order valence-electron chi connectivity index (χ4n) is 1.26. The Bertz CT molecular complexity index is 381. The Morgan fingerprint density at radius 1 is 1.47 bits per heavy atom. The third-order valence-electron chi connectivity index (χ3n) is 1.98. The van der Waals surface area contributed by atoms with Gasteiger partial charge in [0.25, 0.3) is 5.91 Å². The van der Waals surface area contributed by atoms with E-state index in [2.05, 4.69) is 10.6 Å². The molecule has 0 spiro atoms. The van der Waals surface area contributed by atoms with Crippen molar-refractivity contribution in [2.45, 2.75) is 6.92 Å². The van der Waals surface area contributed by atoms with Gasteiger partial charge in [-0.05, 0) is 24.6 Å². The molecule has 0 aliphatic heterocycles. The lowest BCUT2D eigenvalue weighted by Gasteiger charge is -2.09. The van der Waals surface area contributed by atoms with Crippen molar-refractivity contribution in [2.75, 3.05) is 12.4 Å². The normalized spacial score (nSPS) is 9.53. The Morgan fingerprint density at radius 3 is 2.60 bits per heavy atom. The Labute approximate surface area is 92.6 Å². The van der Waals surface area contributed by atoms with Gasteiger partial charge in [-0.1, -0.05) is 11.6 Å². The Kier molecular flexibility index (Phi) is 3.68. The molecule has 80 valence electrons. The topological polar surface area (TPSA) is 58.2 Å². The van der Waals surface area contributed by atoms with Crippen LogP contribution in [0.1, 0.15) is 15.9 Å². The number of amides is 2. The molecule has 0 fully saturated rings. The summed E-state index contributed by atoms with van der Waals surface area (Å²) in [7, 11) is 1.54. The van der Waals surface area contributed by atoms with Gasteiger partial charge in [-0.25, -0.2) is 0 Å². The first-order chi connectivity index (χ1) is 7.10. The van der Waals surface area contributed by atoms with Crippen LogP contribution in [0.4, 0.5) is 5.69 Å². The predicted octanol–water partition coefficient (Wildman–Crippen LogP) is 1.58. The molecule has 0 aliphatic carbocycles. The minimum absolute atomic E-state index is 0.211. The van der Waals surface area contributed by atoms with Crippen LogP contribution < -0.4 is 10.6 Å². The predicted molar refractivity (Wildman–Crippen MR) is 59.3 cm³/mol. The van der Waals surface area contributed by atoms with Crippen LogP contribution in [0.2, 0.25) is 5.02 Å². The average molecular weight is 227 g/mol. The van der Waals surface area contributed by atoms with E-state index in [1.807, 2.05) is 0 Å². The van der Waals surface area contributed by atoms with Crippen LogP contribution in [0.3, 0.4) is 0 Å². The summed E-state index contributed by atoms with van der Waals surface area (Å²) >= 11 is 5.91. The Balaban J connectivity index is 3.18. The van der Waals surface area contributed by atoms with E-state index >= 15 is 0 Å². The molecular weight excluding hydrogens is 216 g/mol. The van der Waals surface area contributed by atoms with Crippen LogP contribution in [0, 0.1) is 6.92 Å². The Hall–Kier alpha value is -1.55. The van der Waals surface area contributed by atoms with E-state index in [9.17, 15) is 9.59 Å². The first-order valence-corrected chi connectivity index (χ1v) is 4.70. The van der Waals surface area contributed by atoms with Crippen molar-refractivity contribution in [1.29, 1.82) is 0 Å². The van der Waals surface area contributed by atoms with Gasteiger partial charge in [-0.15, -0.1) is 0 Å². The van der Waals surface area contributed by atoms with Gasteiger partial charge in [0, 0.05) is 12.6 Å². The number of rotatable bonds is 3. The number of hydrogen-bond donors (Lipinski definition) is 2. The third kappa shape index (κ3) is 2.47. The van der Waals surface area contributed by atoms with Crippen LogP contribution in [-0.2, 0) is 4.79 Å². The summed E-state index contributed by atoms with van der Waals surface area (Å²) in [6, 6.07) is 3.18. The molecule has 0 saturated carbocycles. The first kappa shape index (κ1) is 11.5. The number of anilines is 1. The molecule has 1 aromatic carbocycles. The van der Waals surface area contributed by atoms with Crippen LogP contribution in [0.25, 0.3) is 0 Å². The van der Waals surface area contributed by atoms with Crippen molar-refractivity contribution in [1.82, 2.24) is 5.32 Å². The van der Waals surface area contributed by atoms with Gasteiger partial charge >= 0.3 is 0 Å². The van der Waals surface area contributed by atoms with Gasteiger partial charge in [-0.2, -0.15) is 0 Å². The summed E-state index contributed by atoms with van der Waals surface area (Å²) in [6.45, 7) is 1.77. The molecule has 4 nitrogen and oxygen atoms in total. The SMILES string of the molecule is CNC(=O)c1cc(C)c(NC=O)c(Cl)c1. The maximum Gasteiger partial charge on any atom is 0.251 e. The van der Waals surface area contributed by atoms with Gasteiger partial charge in [0.2, 0.25) is 6.41 Å². The highest BCUT2D eigenvalue weighted by atomic mass is 35.5. The number of aryl methyl sites for hydroxylation is 1. The number of carbonyl (C=O) groups excluding carboxylic acids is 2. The molecule has 1 rings (SSSR count). The second kappa shape index (κ2) is 4.79. The van der Waals surface area contributed by atoms with E-state index in [0.717, 1.165) is 5.56 Å². The van der Waals surface area contributed by atoms with Crippen LogP contribution in [0.15, 0.2) is 12.1 Å². The molecule has 0 aliphatic rings. The molecule has 0 bridgehead atoms. The highest BCUT2D eigenvalue weighted by Crippen LogP contribution is 2.26. The minimum Gasteiger partial charge on any atom is -0.355 e. The lowest BCUT2D eigenvalue weighted by atomic mass is 10.1. The molecule has 0 radical (unpaired) electrons. The maximum atomic E-state index is 11.3. The summed E-state index contributed by atoms with van der Waals surface area (Å²) in [5.74, 6) is -0.211. The van der Waals surface area contributed by atoms with Gasteiger partial charge in [0.05, 0.1) is 10.7 Å². The molecule has 5 heteroatoms. The van der Waals surface area contributed by atoms with Crippen molar-refractivity contribution >= 4 is 29.6 Å². The largest absolute Gasteiger partial charge is 0.355 e. The highest BCUT2D eigenvalue weighted by Gasteiger charge is 2.10. The van der Waals surface area contributed by atoms with E-state index in [4.69, 9.17) is 11.6 Å². The fraction of sp³-hybridized carbons (Fsp3) is 0.200. The van der Waals surface area contributed by atoms with Crippen LogP contribution >= 0.6 is 11.6 Å². The molecule has 0 unspecified atom stereocenters. The van der Waals surface area contributed by atoms with Gasteiger partial charge in [-0.3, -0.25) is 9.59 Å². The van der Waals surface area contributed by atoms with Crippen molar-refractivity contribution in [3.05, 3.63) is 28.3 Å². The zero-order chi connectivity index (χ0) is 11.4. The van der Waals surface area contributed by atoms with Crippen molar-refractivity contribution in [2.24, 2.45) is 0 Å². The van der Waals surface area contributed by atoms with Crippen LogP contribution in [0.5, 0.6) is 0 Å². The standard InChI is InChI=1S/C10H11ClN2O2/c1-6-3-7(10(15)12-2)4-8(11)9(6)13-5-14/h3-5H,1-2H3,(H,12,15)(H,13,14). The van der Waals surface area contributed by atoms with E-state index < -0.39 is 0 Å².